The highest BCUT2D eigenvalue weighted by molar-refractivity contribution is 7.80. The number of nitrogens with one attached hydrogen (secondary N) is 2. The molecule has 0 aliphatic rings. The van der Waals surface area contributed by atoms with Gasteiger partial charge < -0.3 is 19.7 Å². The molecule has 0 fully saturated rings. The van der Waals surface area contributed by atoms with Crippen molar-refractivity contribution in [1.29, 1.82) is 0 Å². The van der Waals surface area contributed by atoms with E-state index in [0.717, 1.165) is 11.3 Å². The molecule has 0 bridgehead atoms. The van der Waals surface area contributed by atoms with Crippen molar-refractivity contribution in [2.45, 2.75) is 6.54 Å². The van der Waals surface area contributed by atoms with E-state index in [0.29, 0.717) is 42.3 Å². The van der Waals surface area contributed by atoms with Crippen molar-refractivity contribution in [1.82, 2.24) is 10.6 Å². The molecule has 2 N–H and O–H groups in total. The SMILES string of the molecule is CN(C(=S)NC(=O)c1cccc(OCCOc2ccccc2)c1)c1ccccc1C(=O)NCc1ccccc1. The second-order valence-corrected chi connectivity index (χ2v) is 8.93. The van der Waals surface area contributed by atoms with Crippen LogP contribution in [-0.4, -0.2) is 37.2 Å². The van der Waals surface area contributed by atoms with Crippen LogP contribution < -0.4 is 25.0 Å². The third-order valence-electron chi connectivity index (χ3n) is 5.79. The lowest BCUT2D eigenvalue weighted by atomic mass is 10.1. The van der Waals surface area contributed by atoms with E-state index in [1.165, 1.54) is 0 Å². The zero-order chi connectivity index (χ0) is 27.5. The Morgan fingerprint density at radius 2 is 1.36 bits per heavy atom. The minimum Gasteiger partial charge on any atom is -0.490 e. The first-order chi connectivity index (χ1) is 19.0. The monoisotopic (exact) mass is 539 g/mol. The maximum Gasteiger partial charge on any atom is 0.257 e. The first-order valence-corrected chi connectivity index (χ1v) is 12.8. The molecule has 7 nitrogen and oxygen atoms in total. The van der Waals surface area contributed by atoms with Crippen molar-refractivity contribution in [3.05, 3.63) is 126 Å². The Labute approximate surface area is 233 Å². The molecule has 0 aliphatic heterocycles. The Balaban J connectivity index is 1.33. The number of carbonyl (C=O) groups excluding carboxylic acids is 2. The number of anilines is 1. The molecule has 2 amide bonds. The number of benzene rings is 4. The summed E-state index contributed by atoms with van der Waals surface area (Å²) < 4.78 is 11.4. The van der Waals surface area contributed by atoms with Crippen LogP contribution in [-0.2, 0) is 6.54 Å². The van der Waals surface area contributed by atoms with Crippen LogP contribution in [0.25, 0.3) is 0 Å². The molecule has 0 radical (unpaired) electrons. The summed E-state index contributed by atoms with van der Waals surface area (Å²) in [6, 6.07) is 33.1. The number of para-hydroxylation sites is 2. The average Bonchev–Trinajstić information content (AvgIpc) is 2.99. The van der Waals surface area contributed by atoms with E-state index in [1.54, 1.807) is 54.4 Å². The van der Waals surface area contributed by atoms with Crippen molar-refractivity contribution in [3.8, 4) is 11.5 Å². The highest BCUT2D eigenvalue weighted by Gasteiger charge is 2.18. The number of rotatable bonds is 10. The number of thiocarbonyl (C=S) groups is 1. The molecule has 0 spiro atoms. The molecule has 4 aromatic rings. The van der Waals surface area contributed by atoms with E-state index in [9.17, 15) is 9.59 Å². The summed E-state index contributed by atoms with van der Waals surface area (Å²) in [5.41, 5.74) is 2.40. The standard InChI is InChI=1S/C31H29N3O4S/c1-34(28-18-9-8-17-27(28)30(36)32-22-23-11-4-2-5-12-23)31(39)33-29(35)24-13-10-16-26(21-24)38-20-19-37-25-14-6-3-7-15-25/h2-18,21H,19-20,22H2,1H3,(H,32,36)(H,33,35,39). The Morgan fingerprint density at radius 1 is 0.744 bits per heavy atom. The zero-order valence-corrected chi connectivity index (χ0v) is 22.3. The van der Waals surface area contributed by atoms with Crippen LogP contribution in [0.1, 0.15) is 26.3 Å². The molecule has 0 aliphatic carbocycles. The van der Waals surface area contributed by atoms with Crippen molar-refractivity contribution in [2.75, 3.05) is 25.2 Å². The molecule has 0 saturated heterocycles. The fourth-order valence-electron chi connectivity index (χ4n) is 3.76. The van der Waals surface area contributed by atoms with Gasteiger partial charge in [-0.25, -0.2) is 0 Å². The Kier molecular flexibility index (Phi) is 9.63. The van der Waals surface area contributed by atoms with Crippen LogP contribution in [0, 0.1) is 0 Å². The number of hydrogen-bond donors (Lipinski definition) is 2. The lowest BCUT2D eigenvalue weighted by molar-refractivity contribution is 0.0949. The minimum absolute atomic E-state index is 0.158. The van der Waals surface area contributed by atoms with Gasteiger partial charge in [0.1, 0.15) is 24.7 Å². The van der Waals surface area contributed by atoms with Gasteiger partial charge in [-0.2, -0.15) is 0 Å². The van der Waals surface area contributed by atoms with Gasteiger partial charge >= 0.3 is 0 Å². The van der Waals surface area contributed by atoms with Gasteiger partial charge in [0.05, 0.1) is 11.3 Å². The van der Waals surface area contributed by atoms with E-state index in [-0.39, 0.29) is 16.9 Å². The molecule has 198 valence electrons. The van der Waals surface area contributed by atoms with E-state index in [1.807, 2.05) is 66.7 Å². The fourth-order valence-corrected chi connectivity index (χ4v) is 3.95. The van der Waals surface area contributed by atoms with Crippen LogP contribution in [0.15, 0.2) is 109 Å². The van der Waals surface area contributed by atoms with Gasteiger partial charge in [-0.3, -0.25) is 14.9 Å². The van der Waals surface area contributed by atoms with Gasteiger partial charge in [-0.05, 0) is 60.2 Å². The number of carbonyl (C=O) groups is 2. The van der Waals surface area contributed by atoms with E-state index >= 15 is 0 Å². The van der Waals surface area contributed by atoms with Crippen molar-refractivity contribution >= 4 is 34.8 Å². The molecule has 0 atom stereocenters. The van der Waals surface area contributed by atoms with E-state index in [2.05, 4.69) is 10.6 Å². The summed E-state index contributed by atoms with van der Waals surface area (Å²) >= 11 is 5.50. The molecular weight excluding hydrogens is 510 g/mol. The predicted octanol–water partition coefficient (Wildman–Crippen LogP) is 5.23. The van der Waals surface area contributed by atoms with Gasteiger partial charge in [0.15, 0.2) is 5.11 Å². The maximum atomic E-state index is 13.0. The summed E-state index contributed by atoms with van der Waals surface area (Å²) in [6.45, 7) is 1.09. The summed E-state index contributed by atoms with van der Waals surface area (Å²) in [4.78, 5) is 27.5. The molecular formula is C31H29N3O4S. The number of nitrogens with zero attached hydrogens (tertiary/aromatic N) is 1. The largest absolute Gasteiger partial charge is 0.490 e. The normalized spacial score (nSPS) is 10.3. The van der Waals surface area contributed by atoms with Gasteiger partial charge in [-0.1, -0.05) is 66.7 Å². The molecule has 0 saturated carbocycles. The fraction of sp³-hybridized carbons (Fsp3) is 0.129. The molecule has 39 heavy (non-hydrogen) atoms. The van der Waals surface area contributed by atoms with Gasteiger partial charge in [0, 0.05) is 19.2 Å². The molecule has 8 heteroatoms. The highest BCUT2D eigenvalue weighted by Crippen LogP contribution is 2.20. The molecule has 4 rings (SSSR count). The number of amides is 2. The average molecular weight is 540 g/mol. The molecule has 0 heterocycles. The van der Waals surface area contributed by atoms with Crippen LogP contribution in [0.4, 0.5) is 5.69 Å². The first kappa shape index (κ1) is 27.3. The smallest absolute Gasteiger partial charge is 0.257 e. The molecule has 0 aromatic heterocycles. The van der Waals surface area contributed by atoms with Gasteiger partial charge in [0.2, 0.25) is 0 Å². The minimum atomic E-state index is -0.385. The Morgan fingerprint density at radius 3 is 2.10 bits per heavy atom. The van der Waals surface area contributed by atoms with Gasteiger partial charge in [0.25, 0.3) is 11.8 Å². The summed E-state index contributed by atoms with van der Waals surface area (Å²) in [7, 11) is 1.71. The van der Waals surface area contributed by atoms with Crippen molar-refractivity contribution in [3.63, 3.8) is 0 Å². The first-order valence-electron chi connectivity index (χ1n) is 12.4. The third kappa shape index (κ3) is 7.90. The third-order valence-corrected chi connectivity index (χ3v) is 6.17. The van der Waals surface area contributed by atoms with Gasteiger partial charge in [-0.15, -0.1) is 0 Å². The van der Waals surface area contributed by atoms with Crippen LogP contribution >= 0.6 is 12.2 Å². The van der Waals surface area contributed by atoms with Crippen molar-refractivity contribution < 1.29 is 19.1 Å². The van der Waals surface area contributed by atoms with E-state index < -0.39 is 0 Å². The van der Waals surface area contributed by atoms with Crippen LogP contribution in [0.2, 0.25) is 0 Å². The maximum absolute atomic E-state index is 13.0. The molecule has 4 aromatic carbocycles. The summed E-state index contributed by atoms with van der Waals surface area (Å²) in [6.07, 6.45) is 0. The van der Waals surface area contributed by atoms with E-state index in [4.69, 9.17) is 21.7 Å². The lowest BCUT2D eigenvalue weighted by Gasteiger charge is -2.23. The quantitative estimate of drug-likeness (QED) is 0.212. The van der Waals surface area contributed by atoms with Crippen LogP contribution in [0.3, 0.4) is 0 Å². The Hall–Kier alpha value is -4.69. The van der Waals surface area contributed by atoms with Crippen LogP contribution in [0.5, 0.6) is 11.5 Å². The number of hydrogen-bond acceptors (Lipinski definition) is 5. The summed E-state index contributed by atoms with van der Waals surface area (Å²) in [5, 5.41) is 5.83. The zero-order valence-electron chi connectivity index (χ0n) is 21.5. The summed E-state index contributed by atoms with van der Waals surface area (Å²) in [5.74, 6) is 0.682. The predicted molar refractivity (Wildman–Crippen MR) is 156 cm³/mol. The Bertz CT molecular complexity index is 1410. The lowest BCUT2D eigenvalue weighted by Crippen LogP contribution is -2.41. The second-order valence-electron chi connectivity index (χ2n) is 8.54. The highest BCUT2D eigenvalue weighted by atomic mass is 32.1. The topological polar surface area (TPSA) is 79.9 Å². The molecule has 0 unspecified atom stereocenters. The number of ether oxygens (including phenoxy) is 2. The second kappa shape index (κ2) is 13.7. The van der Waals surface area contributed by atoms with Crippen molar-refractivity contribution in [2.24, 2.45) is 0 Å².